The predicted molar refractivity (Wildman–Crippen MR) is 245 cm³/mol. The van der Waals surface area contributed by atoms with E-state index in [0.29, 0.717) is 64.1 Å². The number of unbranched alkanes of at least 4 members (excludes halogenated alkanes) is 20. The maximum Gasteiger partial charge on any atom is 0.306 e. The van der Waals surface area contributed by atoms with E-state index in [4.69, 9.17) is 23.7 Å². The number of hydrogen-bond acceptors (Lipinski definition) is 11. The average Bonchev–Trinajstić information content (AvgIpc) is 3.23. The zero-order valence-corrected chi connectivity index (χ0v) is 40.1. The fraction of sp³-hybridized carbons (Fsp3) is 0.900. The number of esters is 5. The molecular formula is C50H93NO10. The number of carbonyl (C=O) groups excluding carboxylic acids is 5. The molecule has 0 rings (SSSR count). The summed E-state index contributed by atoms with van der Waals surface area (Å²) in [6, 6.07) is 0. The van der Waals surface area contributed by atoms with Crippen LogP contribution in [0.3, 0.4) is 0 Å². The van der Waals surface area contributed by atoms with Crippen LogP contribution in [-0.4, -0.2) is 87.9 Å². The van der Waals surface area contributed by atoms with Crippen LogP contribution in [0.2, 0.25) is 0 Å². The molecule has 61 heavy (non-hydrogen) atoms. The van der Waals surface area contributed by atoms with E-state index in [1.54, 1.807) is 0 Å². The number of carbonyl (C=O) groups is 5. The third-order valence-corrected chi connectivity index (χ3v) is 11.1. The minimum Gasteiger partial charge on any atom is -0.466 e. The minimum atomic E-state index is -0.892. The lowest BCUT2D eigenvalue weighted by Crippen LogP contribution is -2.31. The Kier molecular flexibility index (Phi) is 42.0. The Morgan fingerprint density at radius 2 is 0.721 bits per heavy atom. The lowest BCUT2D eigenvalue weighted by atomic mass is 9.95. The van der Waals surface area contributed by atoms with Gasteiger partial charge in [-0.15, -0.1) is 0 Å². The molecule has 2 unspecified atom stereocenters. The smallest absolute Gasteiger partial charge is 0.306 e. The zero-order chi connectivity index (χ0) is 45.0. The van der Waals surface area contributed by atoms with Crippen molar-refractivity contribution in [3.8, 4) is 0 Å². The van der Waals surface area contributed by atoms with E-state index in [2.05, 4.69) is 20.8 Å². The van der Waals surface area contributed by atoms with Crippen molar-refractivity contribution in [3.63, 3.8) is 0 Å². The van der Waals surface area contributed by atoms with Crippen LogP contribution in [0, 0.1) is 5.92 Å². The van der Waals surface area contributed by atoms with Crippen molar-refractivity contribution < 1.29 is 47.7 Å². The van der Waals surface area contributed by atoms with E-state index in [9.17, 15) is 24.0 Å². The molecule has 0 bridgehead atoms. The van der Waals surface area contributed by atoms with Crippen LogP contribution >= 0.6 is 0 Å². The number of ether oxygens (including phenoxy) is 5. The lowest BCUT2D eigenvalue weighted by Gasteiger charge is -2.18. The summed E-state index contributed by atoms with van der Waals surface area (Å²) in [5, 5.41) is 0. The maximum atomic E-state index is 12.6. The number of hydrogen-bond donors (Lipinski definition) is 0. The van der Waals surface area contributed by atoms with E-state index in [1.807, 2.05) is 19.0 Å². The van der Waals surface area contributed by atoms with Gasteiger partial charge in [-0.1, -0.05) is 149 Å². The summed E-state index contributed by atoms with van der Waals surface area (Å²) < 4.78 is 27.5. The van der Waals surface area contributed by atoms with Gasteiger partial charge in [0.05, 0.1) is 13.2 Å². The Morgan fingerprint density at radius 1 is 0.377 bits per heavy atom. The number of rotatable bonds is 45. The molecule has 0 heterocycles. The van der Waals surface area contributed by atoms with E-state index < -0.39 is 24.0 Å². The summed E-state index contributed by atoms with van der Waals surface area (Å²) in [5.41, 5.74) is 0. The van der Waals surface area contributed by atoms with E-state index >= 15 is 0 Å². The van der Waals surface area contributed by atoms with Crippen LogP contribution < -0.4 is 0 Å². The minimum absolute atomic E-state index is 0.132. The predicted octanol–water partition coefficient (Wildman–Crippen LogP) is 12.2. The normalized spacial score (nSPS) is 12.2. The average molecular weight is 868 g/mol. The molecular weight excluding hydrogens is 775 g/mol. The molecule has 11 heteroatoms. The second kappa shape index (κ2) is 43.9. The van der Waals surface area contributed by atoms with Gasteiger partial charge in [-0.2, -0.15) is 0 Å². The van der Waals surface area contributed by atoms with Crippen molar-refractivity contribution in [2.75, 3.05) is 47.1 Å². The van der Waals surface area contributed by atoms with Crippen LogP contribution in [0.5, 0.6) is 0 Å². The van der Waals surface area contributed by atoms with Gasteiger partial charge in [0.1, 0.15) is 13.2 Å². The number of nitrogens with zero attached hydrogens (tertiary/aromatic N) is 1. The van der Waals surface area contributed by atoms with Crippen molar-refractivity contribution in [1.29, 1.82) is 0 Å². The lowest BCUT2D eigenvalue weighted by molar-refractivity contribution is -0.167. The van der Waals surface area contributed by atoms with Gasteiger partial charge in [0.2, 0.25) is 0 Å². The van der Waals surface area contributed by atoms with Gasteiger partial charge in [-0.3, -0.25) is 24.0 Å². The Bertz CT molecular complexity index is 1070. The van der Waals surface area contributed by atoms with Gasteiger partial charge in [0, 0.05) is 32.1 Å². The Morgan fingerprint density at radius 3 is 1.18 bits per heavy atom. The first-order valence-corrected chi connectivity index (χ1v) is 25.1. The third kappa shape index (κ3) is 42.4. The fourth-order valence-corrected chi connectivity index (χ4v) is 7.19. The highest BCUT2D eigenvalue weighted by Gasteiger charge is 2.20. The highest BCUT2D eigenvalue weighted by Crippen LogP contribution is 2.20. The molecule has 0 fully saturated rings. The molecule has 2 atom stereocenters. The summed E-state index contributed by atoms with van der Waals surface area (Å²) in [5.74, 6) is -1.12. The fourth-order valence-electron chi connectivity index (χ4n) is 7.19. The highest BCUT2D eigenvalue weighted by atomic mass is 16.6. The first-order chi connectivity index (χ1) is 29.6. The highest BCUT2D eigenvalue weighted by molar-refractivity contribution is 5.71. The Labute approximate surface area is 373 Å². The molecule has 0 saturated carbocycles. The third-order valence-electron chi connectivity index (χ3n) is 11.1. The molecule has 0 aliphatic heterocycles. The quantitative estimate of drug-likeness (QED) is 0.0329. The molecule has 0 aliphatic rings. The van der Waals surface area contributed by atoms with Crippen molar-refractivity contribution in [2.45, 2.75) is 239 Å². The second-order valence-corrected chi connectivity index (χ2v) is 17.5. The molecule has 0 radical (unpaired) electrons. The van der Waals surface area contributed by atoms with Crippen LogP contribution in [0.4, 0.5) is 0 Å². The SMILES string of the molecule is CCCCCCCCCOC(=O)CCCCCCCC(=O)OCC(COC(=O)CCCCCC(=O)OCC(CCCCCC)CCCCCCCC)OC(=O)CCCN(C)C. The van der Waals surface area contributed by atoms with Gasteiger partial charge < -0.3 is 28.6 Å². The molecule has 0 N–H and O–H groups in total. The van der Waals surface area contributed by atoms with Gasteiger partial charge in [0.15, 0.2) is 6.10 Å². The second-order valence-electron chi connectivity index (χ2n) is 17.5. The summed E-state index contributed by atoms with van der Waals surface area (Å²) in [4.78, 5) is 64.1. The van der Waals surface area contributed by atoms with Gasteiger partial charge in [0.25, 0.3) is 0 Å². The van der Waals surface area contributed by atoms with E-state index in [0.717, 1.165) is 57.9 Å². The van der Waals surface area contributed by atoms with E-state index in [1.165, 1.54) is 96.3 Å². The molecule has 0 aliphatic carbocycles. The topological polar surface area (TPSA) is 135 Å². The monoisotopic (exact) mass is 868 g/mol. The summed E-state index contributed by atoms with van der Waals surface area (Å²) >= 11 is 0. The first-order valence-electron chi connectivity index (χ1n) is 25.1. The van der Waals surface area contributed by atoms with Crippen molar-refractivity contribution in [1.82, 2.24) is 4.90 Å². The molecule has 358 valence electrons. The molecule has 0 saturated heterocycles. The molecule has 0 aromatic rings. The largest absolute Gasteiger partial charge is 0.466 e. The zero-order valence-electron chi connectivity index (χ0n) is 40.1. The van der Waals surface area contributed by atoms with Crippen LogP contribution in [0.25, 0.3) is 0 Å². The molecule has 0 aromatic heterocycles. The van der Waals surface area contributed by atoms with Crippen molar-refractivity contribution in [3.05, 3.63) is 0 Å². The summed E-state index contributed by atoms with van der Waals surface area (Å²) in [7, 11) is 3.86. The molecule has 0 spiro atoms. The summed E-state index contributed by atoms with van der Waals surface area (Å²) in [6.45, 7) is 8.02. The standard InChI is InChI=1S/C50H93NO10/c1-6-9-12-15-17-22-30-40-57-46(52)34-26-20-18-21-27-35-48(54)59-42-45(61-50(56)38-31-39-51(4)5)43-60-49(55)37-29-23-28-36-47(53)58-41-44(32-24-14-11-8-3)33-25-19-16-13-10-7-2/h44-45H,6-43H2,1-5H3. The van der Waals surface area contributed by atoms with Crippen LogP contribution in [0.15, 0.2) is 0 Å². The summed E-state index contributed by atoms with van der Waals surface area (Å²) in [6.07, 6.45) is 30.1. The van der Waals surface area contributed by atoms with E-state index in [-0.39, 0.29) is 44.4 Å². The van der Waals surface area contributed by atoms with Gasteiger partial charge in [-0.05, 0) is 77.9 Å². The molecule has 11 nitrogen and oxygen atoms in total. The Balaban J connectivity index is 4.43. The van der Waals surface area contributed by atoms with Gasteiger partial charge in [-0.25, -0.2) is 0 Å². The van der Waals surface area contributed by atoms with Gasteiger partial charge >= 0.3 is 29.8 Å². The maximum absolute atomic E-state index is 12.6. The molecule has 0 aromatic carbocycles. The van der Waals surface area contributed by atoms with Crippen LogP contribution in [0.1, 0.15) is 233 Å². The Hall–Kier alpha value is -2.69. The van der Waals surface area contributed by atoms with Crippen LogP contribution in [-0.2, 0) is 47.7 Å². The van der Waals surface area contributed by atoms with Crippen molar-refractivity contribution in [2.24, 2.45) is 5.92 Å². The molecule has 0 amide bonds. The van der Waals surface area contributed by atoms with Crippen molar-refractivity contribution >= 4 is 29.8 Å². The first kappa shape index (κ1) is 58.3.